The van der Waals surface area contributed by atoms with Gasteiger partial charge in [0, 0.05) is 32.0 Å². The first kappa shape index (κ1) is 11.1. The summed E-state index contributed by atoms with van der Waals surface area (Å²) in [7, 11) is 0. The van der Waals surface area contributed by atoms with Gasteiger partial charge in [0.2, 0.25) is 0 Å². The van der Waals surface area contributed by atoms with E-state index in [1.807, 2.05) is 11.8 Å². The predicted octanol–water partition coefficient (Wildman–Crippen LogP) is 0.224. The number of anilines is 1. The molecule has 1 fully saturated rings. The first-order chi connectivity index (χ1) is 7.72. The third kappa shape index (κ3) is 2.09. The maximum absolute atomic E-state index is 12.0. The lowest BCUT2D eigenvalue weighted by Crippen LogP contribution is -2.32. The Balaban J connectivity index is 2.27. The summed E-state index contributed by atoms with van der Waals surface area (Å²) in [6.07, 6.45) is 4.66. The average Bonchev–Trinajstić information content (AvgIpc) is 2.68. The van der Waals surface area contributed by atoms with Crippen molar-refractivity contribution in [2.75, 3.05) is 18.0 Å². The normalized spacial score (nSPS) is 20.4. The number of nitrogens with zero attached hydrogens (tertiary/aromatic N) is 3. The highest BCUT2D eigenvalue weighted by atomic mass is 16.3. The van der Waals surface area contributed by atoms with Crippen molar-refractivity contribution in [3.05, 3.63) is 22.7 Å². The molecule has 5 heteroatoms. The number of rotatable bonds is 3. The van der Waals surface area contributed by atoms with E-state index in [1.54, 1.807) is 17.0 Å². The van der Waals surface area contributed by atoms with Crippen LogP contribution in [0.3, 0.4) is 0 Å². The van der Waals surface area contributed by atoms with Gasteiger partial charge in [-0.3, -0.25) is 4.79 Å². The molecule has 0 spiro atoms. The molecule has 0 unspecified atom stereocenters. The van der Waals surface area contributed by atoms with Gasteiger partial charge in [0.25, 0.3) is 5.56 Å². The molecule has 2 heterocycles. The Morgan fingerprint density at radius 3 is 3.06 bits per heavy atom. The van der Waals surface area contributed by atoms with Crippen molar-refractivity contribution in [3.63, 3.8) is 0 Å². The lowest BCUT2D eigenvalue weighted by molar-refractivity contribution is 0.198. The zero-order chi connectivity index (χ0) is 11.5. The molecule has 1 aromatic heterocycles. The van der Waals surface area contributed by atoms with Gasteiger partial charge in [0.15, 0.2) is 5.82 Å². The number of aromatic nitrogens is 2. The van der Waals surface area contributed by atoms with Gasteiger partial charge in [-0.2, -0.15) is 0 Å². The molecule has 1 N–H and O–H groups in total. The van der Waals surface area contributed by atoms with Crippen molar-refractivity contribution < 1.29 is 5.11 Å². The second-order valence-electron chi connectivity index (χ2n) is 4.14. The fraction of sp³-hybridized carbons (Fsp3) is 0.636. The van der Waals surface area contributed by atoms with Gasteiger partial charge in [0.05, 0.1) is 6.10 Å². The zero-order valence-corrected chi connectivity index (χ0v) is 9.46. The Morgan fingerprint density at radius 1 is 1.62 bits per heavy atom. The van der Waals surface area contributed by atoms with Crippen LogP contribution >= 0.6 is 0 Å². The van der Waals surface area contributed by atoms with E-state index in [4.69, 9.17) is 0 Å². The van der Waals surface area contributed by atoms with Gasteiger partial charge >= 0.3 is 0 Å². The van der Waals surface area contributed by atoms with E-state index in [0.717, 1.165) is 6.42 Å². The second-order valence-corrected chi connectivity index (χ2v) is 4.14. The summed E-state index contributed by atoms with van der Waals surface area (Å²) in [5.74, 6) is 0.465. The van der Waals surface area contributed by atoms with Crippen LogP contribution in [0.15, 0.2) is 17.2 Å². The molecule has 0 saturated carbocycles. The van der Waals surface area contributed by atoms with Gasteiger partial charge < -0.3 is 14.6 Å². The van der Waals surface area contributed by atoms with Crippen LogP contribution < -0.4 is 10.5 Å². The highest BCUT2D eigenvalue weighted by molar-refractivity contribution is 5.37. The zero-order valence-electron chi connectivity index (χ0n) is 9.46. The number of aliphatic hydroxyl groups excluding tert-OH is 1. The summed E-state index contributed by atoms with van der Waals surface area (Å²) in [5, 5.41) is 9.45. The number of hydrogen-bond acceptors (Lipinski definition) is 4. The largest absolute Gasteiger partial charge is 0.391 e. The van der Waals surface area contributed by atoms with E-state index in [1.165, 1.54) is 0 Å². The lowest BCUT2D eigenvalue weighted by Gasteiger charge is -2.16. The molecule has 0 bridgehead atoms. The number of β-amino-alcohol motifs (C(OH)–C–C–N with tert-alkyl or cyclic N) is 1. The number of hydrogen-bond donors (Lipinski definition) is 1. The standard InChI is InChI=1S/C11H17N3O2/c1-2-5-13-7-4-12-10(11(13)16)14-6-3-9(15)8-14/h4,7,9,15H,2-3,5-6,8H2,1H3/t9-/m1/s1. The molecule has 88 valence electrons. The quantitative estimate of drug-likeness (QED) is 0.796. The maximum Gasteiger partial charge on any atom is 0.293 e. The molecule has 0 amide bonds. The van der Waals surface area contributed by atoms with E-state index < -0.39 is 0 Å². The minimum atomic E-state index is -0.332. The summed E-state index contributed by atoms with van der Waals surface area (Å²) >= 11 is 0. The smallest absolute Gasteiger partial charge is 0.293 e. The van der Waals surface area contributed by atoms with Crippen LogP contribution in [0.25, 0.3) is 0 Å². The summed E-state index contributed by atoms with van der Waals surface area (Å²) < 4.78 is 1.67. The van der Waals surface area contributed by atoms with Crippen molar-refractivity contribution in [2.45, 2.75) is 32.4 Å². The first-order valence-electron chi connectivity index (χ1n) is 5.71. The van der Waals surface area contributed by atoms with Crippen LogP contribution in [0, 0.1) is 0 Å². The molecule has 1 aliphatic rings. The van der Waals surface area contributed by atoms with Crippen LogP contribution in [0.5, 0.6) is 0 Å². The summed E-state index contributed by atoms with van der Waals surface area (Å²) in [4.78, 5) is 18.0. The minimum Gasteiger partial charge on any atom is -0.391 e. The molecule has 1 saturated heterocycles. The molecule has 0 aromatic carbocycles. The molecule has 0 aliphatic carbocycles. The van der Waals surface area contributed by atoms with Crippen molar-refractivity contribution in [1.82, 2.24) is 9.55 Å². The molecule has 1 aromatic rings. The van der Waals surface area contributed by atoms with Gasteiger partial charge in [0.1, 0.15) is 0 Å². The van der Waals surface area contributed by atoms with Crippen molar-refractivity contribution >= 4 is 5.82 Å². The Morgan fingerprint density at radius 2 is 2.44 bits per heavy atom. The second kappa shape index (κ2) is 4.65. The highest BCUT2D eigenvalue weighted by Crippen LogP contribution is 2.13. The Labute approximate surface area is 94.3 Å². The Kier molecular flexibility index (Phi) is 3.24. The minimum absolute atomic E-state index is 0.0570. The predicted molar refractivity (Wildman–Crippen MR) is 61.6 cm³/mol. The van der Waals surface area contributed by atoms with Gasteiger partial charge in [-0.15, -0.1) is 0 Å². The van der Waals surface area contributed by atoms with E-state index in [9.17, 15) is 9.90 Å². The fourth-order valence-corrected chi connectivity index (χ4v) is 2.00. The topological polar surface area (TPSA) is 58.4 Å². The number of aliphatic hydroxyl groups is 1. The van der Waals surface area contributed by atoms with Crippen molar-refractivity contribution in [1.29, 1.82) is 0 Å². The molecule has 1 aliphatic heterocycles. The summed E-state index contributed by atoms with van der Waals surface area (Å²) in [6.45, 7) is 3.97. The van der Waals surface area contributed by atoms with Crippen LogP contribution in [0.4, 0.5) is 5.82 Å². The molecule has 2 rings (SSSR count). The third-order valence-corrected chi connectivity index (χ3v) is 2.82. The molecular weight excluding hydrogens is 206 g/mol. The molecule has 16 heavy (non-hydrogen) atoms. The van der Waals surface area contributed by atoms with Crippen molar-refractivity contribution in [2.24, 2.45) is 0 Å². The fourth-order valence-electron chi connectivity index (χ4n) is 2.00. The summed E-state index contributed by atoms with van der Waals surface area (Å²) in [6, 6.07) is 0. The lowest BCUT2D eigenvalue weighted by atomic mass is 10.3. The van der Waals surface area contributed by atoms with E-state index in [-0.39, 0.29) is 11.7 Å². The monoisotopic (exact) mass is 223 g/mol. The van der Waals surface area contributed by atoms with Crippen LogP contribution in [-0.4, -0.2) is 33.9 Å². The Bertz CT molecular complexity index is 416. The van der Waals surface area contributed by atoms with Gasteiger partial charge in [-0.1, -0.05) is 6.92 Å². The molecular formula is C11H17N3O2. The maximum atomic E-state index is 12.0. The van der Waals surface area contributed by atoms with Crippen LogP contribution in [0.2, 0.25) is 0 Å². The van der Waals surface area contributed by atoms with Crippen LogP contribution in [0.1, 0.15) is 19.8 Å². The molecule has 1 atom stereocenters. The van der Waals surface area contributed by atoms with Gasteiger partial charge in [-0.25, -0.2) is 4.98 Å². The average molecular weight is 223 g/mol. The van der Waals surface area contributed by atoms with E-state index in [2.05, 4.69) is 4.98 Å². The third-order valence-electron chi connectivity index (χ3n) is 2.82. The van der Waals surface area contributed by atoms with E-state index in [0.29, 0.717) is 31.9 Å². The van der Waals surface area contributed by atoms with Gasteiger partial charge in [-0.05, 0) is 12.8 Å². The molecule has 5 nitrogen and oxygen atoms in total. The first-order valence-corrected chi connectivity index (χ1v) is 5.71. The SMILES string of the molecule is CCCn1ccnc(N2CC[C@@H](O)C2)c1=O. The van der Waals surface area contributed by atoms with Crippen molar-refractivity contribution in [3.8, 4) is 0 Å². The van der Waals surface area contributed by atoms with Crippen LogP contribution in [-0.2, 0) is 6.54 Å². The number of aryl methyl sites for hydroxylation is 1. The highest BCUT2D eigenvalue weighted by Gasteiger charge is 2.23. The molecule has 0 radical (unpaired) electrons. The summed E-state index contributed by atoms with van der Waals surface area (Å²) in [5.41, 5.74) is -0.0570. The van der Waals surface area contributed by atoms with E-state index >= 15 is 0 Å². The Hall–Kier alpha value is -1.36.